The van der Waals surface area contributed by atoms with Gasteiger partial charge in [-0.25, -0.2) is 0 Å². The van der Waals surface area contributed by atoms with Gasteiger partial charge in [-0.2, -0.15) is 11.3 Å². The Labute approximate surface area is 156 Å². The summed E-state index contributed by atoms with van der Waals surface area (Å²) in [6.07, 6.45) is 4.66. The van der Waals surface area contributed by atoms with Crippen molar-refractivity contribution in [1.29, 1.82) is 0 Å². The number of rotatable bonds is 5. The summed E-state index contributed by atoms with van der Waals surface area (Å²) in [4.78, 5) is 30.6. The van der Waals surface area contributed by atoms with Crippen molar-refractivity contribution in [3.05, 3.63) is 52.0 Å². The zero-order valence-corrected chi connectivity index (χ0v) is 15.3. The lowest BCUT2D eigenvalue weighted by molar-refractivity contribution is 0.0686. The van der Waals surface area contributed by atoms with Gasteiger partial charge in [-0.15, -0.1) is 0 Å². The number of nitrogens with one attached hydrogen (secondary N) is 1. The van der Waals surface area contributed by atoms with Crippen LogP contribution < -0.4 is 11.1 Å². The van der Waals surface area contributed by atoms with E-state index in [1.54, 1.807) is 23.5 Å². The van der Waals surface area contributed by atoms with E-state index in [1.165, 1.54) is 6.20 Å². The van der Waals surface area contributed by atoms with Gasteiger partial charge in [0, 0.05) is 18.8 Å². The van der Waals surface area contributed by atoms with Gasteiger partial charge in [0.05, 0.1) is 5.56 Å². The van der Waals surface area contributed by atoms with E-state index >= 15 is 0 Å². The number of amides is 2. The lowest BCUT2D eigenvalue weighted by Crippen LogP contribution is -2.39. The molecular formula is C19H22N4O2S. The lowest BCUT2D eigenvalue weighted by atomic mass is 9.93. The third-order valence-electron chi connectivity index (χ3n) is 5.58. The van der Waals surface area contributed by atoms with Crippen molar-refractivity contribution in [2.45, 2.75) is 31.8 Å². The minimum atomic E-state index is -0.539. The number of carbonyl (C=O) groups is 2. The number of pyridine rings is 1. The normalized spacial score (nSPS) is 20.7. The summed E-state index contributed by atoms with van der Waals surface area (Å²) >= 11 is 1.64. The molecule has 0 unspecified atom stereocenters. The molecule has 4 rings (SSSR count). The summed E-state index contributed by atoms with van der Waals surface area (Å²) in [5.74, 6) is -0.616. The first kappa shape index (κ1) is 17.2. The number of hydrogen-bond donors (Lipinski definition) is 2. The van der Waals surface area contributed by atoms with Gasteiger partial charge in [0.25, 0.3) is 5.91 Å². The molecule has 2 amide bonds. The van der Waals surface area contributed by atoms with Crippen LogP contribution in [0.2, 0.25) is 0 Å². The minimum Gasteiger partial charge on any atom is -0.366 e. The standard InChI is InChI=1S/C19H22N4O2S/c20-17(24)14-1-2-15(22-10-14)18(25)23(11-13-3-8-26-12-13)16-9-19(16)4-6-21-7-5-19/h1-3,8,10,12,16,21H,4-7,9,11H2,(H2,20,24)/t16-/m1/s1. The highest BCUT2D eigenvalue weighted by Gasteiger charge is 2.57. The summed E-state index contributed by atoms with van der Waals surface area (Å²) < 4.78 is 0. The highest BCUT2D eigenvalue weighted by atomic mass is 32.1. The van der Waals surface area contributed by atoms with E-state index in [1.807, 2.05) is 10.3 Å². The van der Waals surface area contributed by atoms with E-state index < -0.39 is 5.91 Å². The van der Waals surface area contributed by atoms with Crippen molar-refractivity contribution < 1.29 is 9.59 Å². The predicted molar refractivity (Wildman–Crippen MR) is 99.9 cm³/mol. The highest BCUT2D eigenvalue weighted by Crippen LogP contribution is 2.56. The maximum atomic E-state index is 13.2. The molecule has 1 saturated carbocycles. The zero-order chi connectivity index (χ0) is 18.1. The van der Waals surface area contributed by atoms with Gasteiger partial charge in [-0.05, 0) is 72.3 Å². The Hall–Kier alpha value is -2.25. The Morgan fingerprint density at radius 1 is 1.31 bits per heavy atom. The maximum absolute atomic E-state index is 13.2. The molecule has 0 bridgehead atoms. The van der Waals surface area contributed by atoms with Crippen molar-refractivity contribution in [2.24, 2.45) is 11.1 Å². The molecule has 26 heavy (non-hydrogen) atoms. The Kier molecular flexibility index (Phi) is 4.50. The van der Waals surface area contributed by atoms with Gasteiger partial charge >= 0.3 is 0 Å². The average molecular weight is 370 g/mol. The smallest absolute Gasteiger partial charge is 0.273 e. The number of hydrogen-bond acceptors (Lipinski definition) is 5. The van der Waals surface area contributed by atoms with Crippen LogP contribution in [-0.2, 0) is 6.54 Å². The molecule has 6 nitrogen and oxygen atoms in total. The number of piperidine rings is 1. The Balaban J connectivity index is 1.58. The molecule has 1 aliphatic carbocycles. The van der Waals surface area contributed by atoms with Crippen LogP contribution in [0.4, 0.5) is 0 Å². The van der Waals surface area contributed by atoms with E-state index in [-0.39, 0.29) is 17.4 Å². The van der Waals surface area contributed by atoms with E-state index in [0.29, 0.717) is 17.8 Å². The molecule has 0 aromatic carbocycles. The predicted octanol–water partition coefficient (Wildman–Crippen LogP) is 2.03. The number of aromatic nitrogens is 1. The average Bonchev–Trinajstić information content (AvgIpc) is 3.08. The topological polar surface area (TPSA) is 88.3 Å². The van der Waals surface area contributed by atoms with Gasteiger partial charge in [0.1, 0.15) is 5.69 Å². The van der Waals surface area contributed by atoms with Crippen LogP contribution in [0.1, 0.15) is 45.7 Å². The molecule has 0 radical (unpaired) electrons. The first-order chi connectivity index (χ1) is 12.6. The number of nitrogens with zero attached hydrogens (tertiary/aromatic N) is 2. The number of carbonyl (C=O) groups excluding carboxylic acids is 2. The second-order valence-corrected chi connectivity index (χ2v) is 7.97. The quantitative estimate of drug-likeness (QED) is 0.843. The second-order valence-electron chi connectivity index (χ2n) is 7.19. The Morgan fingerprint density at radius 3 is 2.73 bits per heavy atom. The molecule has 2 aliphatic rings. The fourth-order valence-corrected chi connectivity index (χ4v) is 4.60. The summed E-state index contributed by atoms with van der Waals surface area (Å²) in [7, 11) is 0. The lowest BCUT2D eigenvalue weighted by Gasteiger charge is -2.29. The number of thiophene rings is 1. The molecule has 7 heteroatoms. The minimum absolute atomic E-state index is 0.0763. The molecular weight excluding hydrogens is 348 g/mol. The summed E-state index contributed by atoms with van der Waals surface area (Å²) in [6, 6.07) is 5.49. The molecule has 2 fully saturated rings. The van der Waals surface area contributed by atoms with Crippen molar-refractivity contribution in [3.8, 4) is 0 Å². The molecule has 2 aromatic heterocycles. The van der Waals surface area contributed by atoms with Gasteiger partial charge in [0.2, 0.25) is 5.91 Å². The van der Waals surface area contributed by atoms with Crippen molar-refractivity contribution in [2.75, 3.05) is 13.1 Å². The molecule has 2 aromatic rings. The van der Waals surface area contributed by atoms with Crippen LogP contribution in [0, 0.1) is 5.41 Å². The van der Waals surface area contributed by atoms with Crippen molar-refractivity contribution >= 4 is 23.2 Å². The van der Waals surface area contributed by atoms with Gasteiger partial charge < -0.3 is 16.0 Å². The molecule has 1 aliphatic heterocycles. The van der Waals surface area contributed by atoms with E-state index in [2.05, 4.69) is 21.7 Å². The molecule has 1 spiro atoms. The number of primary amides is 1. The van der Waals surface area contributed by atoms with Crippen LogP contribution in [-0.4, -0.2) is 40.8 Å². The fourth-order valence-electron chi connectivity index (χ4n) is 3.95. The first-order valence-corrected chi connectivity index (χ1v) is 9.82. The van der Waals surface area contributed by atoms with Gasteiger partial charge in [-0.3, -0.25) is 14.6 Å². The van der Waals surface area contributed by atoms with Crippen LogP contribution in [0.15, 0.2) is 35.2 Å². The van der Waals surface area contributed by atoms with E-state index in [4.69, 9.17) is 5.73 Å². The van der Waals surface area contributed by atoms with Crippen molar-refractivity contribution in [1.82, 2.24) is 15.2 Å². The summed E-state index contributed by atoms with van der Waals surface area (Å²) in [5.41, 5.74) is 7.34. The third-order valence-corrected chi connectivity index (χ3v) is 6.32. The first-order valence-electron chi connectivity index (χ1n) is 8.88. The van der Waals surface area contributed by atoms with E-state index in [0.717, 1.165) is 37.9 Å². The zero-order valence-electron chi connectivity index (χ0n) is 14.5. The third kappa shape index (κ3) is 3.24. The van der Waals surface area contributed by atoms with Crippen LogP contribution in [0.25, 0.3) is 0 Å². The Morgan fingerprint density at radius 2 is 2.12 bits per heavy atom. The molecule has 3 heterocycles. The molecule has 1 atom stereocenters. The van der Waals surface area contributed by atoms with E-state index in [9.17, 15) is 9.59 Å². The molecule has 3 N–H and O–H groups in total. The number of nitrogens with two attached hydrogens (primary N) is 1. The SMILES string of the molecule is NC(=O)c1ccc(C(=O)N(Cc2ccsc2)[C@@H]2CC23CCNCC3)nc1. The summed E-state index contributed by atoms with van der Waals surface area (Å²) in [6.45, 7) is 2.63. The van der Waals surface area contributed by atoms with Crippen LogP contribution in [0.5, 0.6) is 0 Å². The highest BCUT2D eigenvalue weighted by molar-refractivity contribution is 7.07. The second kappa shape index (κ2) is 6.81. The maximum Gasteiger partial charge on any atom is 0.273 e. The molecule has 1 saturated heterocycles. The fraction of sp³-hybridized carbons (Fsp3) is 0.421. The van der Waals surface area contributed by atoms with Gasteiger partial charge in [-0.1, -0.05) is 0 Å². The largest absolute Gasteiger partial charge is 0.366 e. The van der Waals surface area contributed by atoms with Crippen molar-refractivity contribution in [3.63, 3.8) is 0 Å². The van der Waals surface area contributed by atoms with Crippen LogP contribution >= 0.6 is 11.3 Å². The Bertz CT molecular complexity index is 797. The van der Waals surface area contributed by atoms with Gasteiger partial charge in [0.15, 0.2) is 0 Å². The summed E-state index contributed by atoms with van der Waals surface area (Å²) in [5, 5.41) is 7.52. The monoisotopic (exact) mass is 370 g/mol. The van der Waals surface area contributed by atoms with Crippen LogP contribution in [0.3, 0.4) is 0 Å². The molecule has 136 valence electrons.